The largest absolute Gasteiger partial charge is 0.335 e. The van der Waals surface area contributed by atoms with Gasteiger partial charge in [-0.15, -0.1) is 0 Å². The molecule has 2 atom stereocenters. The van der Waals surface area contributed by atoms with Gasteiger partial charge in [-0.25, -0.2) is 13.6 Å². The van der Waals surface area contributed by atoms with Crippen molar-refractivity contribution in [2.45, 2.75) is 19.4 Å². The fourth-order valence-corrected chi connectivity index (χ4v) is 2.07. The van der Waals surface area contributed by atoms with Crippen LogP contribution in [0.15, 0.2) is 18.2 Å². The van der Waals surface area contributed by atoms with Crippen molar-refractivity contribution in [2.24, 2.45) is 0 Å². The van der Waals surface area contributed by atoms with Gasteiger partial charge in [0.15, 0.2) is 0 Å². The highest BCUT2D eigenvalue weighted by atomic mass is 32.2. The van der Waals surface area contributed by atoms with E-state index in [0.29, 0.717) is 18.2 Å². The Bertz CT molecular complexity index is 483. The lowest BCUT2D eigenvalue weighted by Crippen LogP contribution is -2.37. The van der Waals surface area contributed by atoms with E-state index in [1.807, 2.05) is 0 Å². The zero-order chi connectivity index (χ0) is 14.4. The summed E-state index contributed by atoms with van der Waals surface area (Å²) in [5.41, 5.74) is -0.0924. The standard InChI is InChI=1S/C12H16F2N2O2S/c1-8(5-6-19(2)18)15-12(17)16-11-4-3-9(13)7-10(11)14/h3-4,7-8H,5-6H2,1-2H3,(H2,15,16,17)/t8-,19+/m0/s1. The molecule has 0 saturated heterocycles. The van der Waals surface area contributed by atoms with Crippen molar-refractivity contribution in [3.63, 3.8) is 0 Å². The van der Waals surface area contributed by atoms with Gasteiger partial charge in [-0.05, 0) is 25.5 Å². The van der Waals surface area contributed by atoms with Crippen LogP contribution in [-0.2, 0) is 10.8 Å². The molecule has 0 radical (unpaired) electrons. The van der Waals surface area contributed by atoms with Crippen LogP contribution in [0.3, 0.4) is 0 Å². The third kappa shape index (κ3) is 5.78. The van der Waals surface area contributed by atoms with E-state index < -0.39 is 28.5 Å². The Kier molecular flexibility index (Phi) is 5.88. The van der Waals surface area contributed by atoms with E-state index in [4.69, 9.17) is 0 Å². The van der Waals surface area contributed by atoms with Crippen LogP contribution in [0.1, 0.15) is 13.3 Å². The van der Waals surface area contributed by atoms with Crippen molar-refractivity contribution in [3.8, 4) is 0 Å². The van der Waals surface area contributed by atoms with Crippen LogP contribution in [0.25, 0.3) is 0 Å². The lowest BCUT2D eigenvalue weighted by Gasteiger charge is -2.14. The van der Waals surface area contributed by atoms with Crippen molar-refractivity contribution in [3.05, 3.63) is 29.8 Å². The minimum atomic E-state index is -0.919. The number of carbonyl (C=O) groups excluding carboxylic acids is 1. The summed E-state index contributed by atoms with van der Waals surface area (Å²) in [5.74, 6) is -1.06. The van der Waals surface area contributed by atoms with Gasteiger partial charge in [0.2, 0.25) is 0 Å². The smallest absolute Gasteiger partial charge is 0.319 e. The van der Waals surface area contributed by atoms with Gasteiger partial charge in [0.1, 0.15) is 11.6 Å². The highest BCUT2D eigenvalue weighted by Gasteiger charge is 2.10. The molecule has 0 heterocycles. The average molecular weight is 290 g/mol. The van der Waals surface area contributed by atoms with Gasteiger partial charge in [0, 0.05) is 34.9 Å². The zero-order valence-corrected chi connectivity index (χ0v) is 11.5. The van der Waals surface area contributed by atoms with Gasteiger partial charge >= 0.3 is 6.03 Å². The number of hydrogen-bond acceptors (Lipinski definition) is 2. The maximum Gasteiger partial charge on any atom is 0.319 e. The quantitative estimate of drug-likeness (QED) is 0.874. The van der Waals surface area contributed by atoms with Gasteiger partial charge in [0.25, 0.3) is 0 Å². The van der Waals surface area contributed by atoms with Gasteiger partial charge < -0.3 is 10.6 Å². The SMILES string of the molecule is C[C@@H](CC[S@@](C)=O)NC(=O)Nc1ccc(F)cc1F. The number of halogens is 2. The third-order valence-electron chi connectivity index (χ3n) is 2.40. The first-order chi connectivity index (χ1) is 8.88. The molecule has 0 aliphatic heterocycles. The van der Waals surface area contributed by atoms with Gasteiger partial charge in [-0.2, -0.15) is 0 Å². The van der Waals surface area contributed by atoms with E-state index in [1.165, 1.54) is 0 Å². The van der Waals surface area contributed by atoms with E-state index in [1.54, 1.807) is 13.2 Å². The summed E-state index contributed by atoms with van der Waals surface area (Å²) in [7, 11) is -0.919. The summed E-state index contributed by atoms with van der Waals surface area (Å²) < 4.78 is 36.9. The summed E-state index contributed by atoms with van der Waals surface area (Å²) in [5, 5.41) is 4.87. The molecule has 1 rings (SSSR count). The third-order valence-corrected chi connectivity index (χ3v) is 3.21. The predicted octanol–water partition coefficient (Wildman–Crippen LogP) is 2.24. The lowest BCUT2D eigenvalue weighted by molar-refractivity contribution is 0.249. The Labute approximate surface area is 113 Å². The summed E-state index contributed by atoms with van der Waals surface area (Å²) >= 11 is 0. The first kappa shape index (κ1) is 15.6. The van der Waals surface area contributed by atoms with E-state index in [0.717, 1.165) is 12.1 Å². The monoisotopic (exact) mass is 290 g/mol. The molecule has 0 aromatic heterocycles. The van der Waals surface area contributed by atoms with E-state index >= 15 is 0 Å². The van der Waals surface area contributed by atoms with Crippen LogP contribution in [0.5, 0.6) is 0 Å². The molecule has 0 aliphatic rings. The number of amides is 2. The number of urea groups is 1. The summed E-state index contributed by atoms with van der Waals surface area (Å²) in [6.07, 6.45) is 2.14. The minimum Gasteiger partial charge on any atom is -0.335 e. The van der Waals surface area contributed by atoms with Crippen molar-refractivity contribution in [1.29, 1.82) is 0 Å². The second-order valence-corrected chi connectivity index (χ2v) is 5.74. The Morgan fingerprint density at radius 1 is 1.42 bits per heavy atom. The fraction of sp³-hybridized carbons (Fsp3) is 0.417. The molecular formula is C12H16F2N2O2S. The second kappa shape index (κ2) is 7.18. The molecule has 19 heavy (non-hydrogen) atoms. The first-order valence-electron chi connectivity index (χ1n) is 5.71. The fourth-order valence-electron chi connectivity index (χ4n) is 1.39. The molecule has 0 spiro atoms. The Morgan fingerprint density at radius 3 is 2.68 bits per heavy atom. The van der Waals surface area contributed by atoms with Crippen molar-refractivity contribution in [2.75, 3.05) is 17.3 Å². The van der Waals surface area contributed by atoms with Crippen LogP contribution in [0.4, 0.5) is 19.3 Å². The molecule has 106 valence electrons. The molecule has 0 saturated carbocycles. The second-order valence-electron chi connectivity index (χ2n) is 4.19. The number of benzene rings is 1. The summed E-state index contributed by atoms with van der Waals surface area (Å²) in [6.45, 7) is 1.76. The Hall–Kier alpha value is -1.50. The van der Waals surface area contributed by atoms with Gasteiger partial charge in [0.05, 0.1) is 5.69 Å². The highest BCUT2D eigenvalue weighted by molar-refractivity contribution is 7.84. The molecule has 0 aliphatic carbocycles. The molecule has 2 amide bonds. The molecule has 1 aromatic carbocycles. The number of rotatable bonds is 5. The van der Waals surface area contributed by atoms with Crippen LogP contribution < -0.4 is 10.6 Å². The Balaban J connectivity index is 2.48. The molecule has 7 heteroatoms. The van der Waals surface area contributed by atoms with E-state index in [-0.39, 0.29) is 11.7 Å². The van der Waals surface area contributed by atoms with Crippen molar-refractivity contribution < 1.29 is 17.8 Å². The van der Waals surface area contributed by atoms with Crippen molar-refractivity contribution >= 4 is 22.5 Å². The molecular weight excluding hydrogens is 274 g/mol. The first-order valence-corrected chi connectivity index (χ1v) is 7.44. The van der Waals surface area contributed by atoms with Crippen LogP contribution in [0.2, 0.25) is 0 Å². The van der Waals surface area contributed by atoms with Crippen LogP contribution >= 0.6 is 0 Å². The number of hydrogen-bond donors (Lipinski definition) is 2. The summed E-state index contributed by atoms with van der Waals surface area (Å²) in [4.78, 5) is 11.5. The van der Waals surface area contributed by atoms with Gasteiger partial charge in [-0.3, -0.25) is 4.21 Å². The molecule has 0 unspecified atom stereocenters. The molecule has 4 nitrogen and oxygen atoms in total. The van der Waals surface area contributed by atoms with E-state index in [2.05, 4.69) is 10.6 Å². The molecule has 0 fully saturated rings. The maximum atomic E-state index is 13.3. The summed E-state index contributed by atoms with van der Waals surface area (Å²) in [6, 6.07) is 2.13. The molecule has 1 aromatic rings. The van der Waals surface area contributed by atoms with Gasteiger partial charge in [-0.1, -0.05) is 0 Å². The Morgan fingerprint density at radius 2 is 2.11 bits per heavy atom. The molecule has 0 bridgehead atoms. The number of nitrogens with one attached hydrogen (secondary N) is 2. The highest BCUT2D eigenvalue weighted by Crippen LogP contribution is 2.14. The number of carbonyl (C=O) groups is 1. The zero-order valence-electron chi connectivity index (χ0n) is 10.7. The van der Waals surface area contributed by atoms with Crippen molar-refractivity contribution in [1.82, 2.24) is 5.32 Å². The average Bonchev–Trinajstić information content (AvgIpc) is 2.30. The van der Waals surface area contributed by atoms with Crippen LogP contribution in [0, 0.1) is 11.6 Å². The predicted molar refractivity (Wildman–Crippen MR) is 71.5 cm³/mol. The molecule has 2 N–H and O–H groups in total. The minimum absolute atomic E-state index is 0.0924. The number of anilines is 1. The topological polar surface area (TPSA) is 58.2 Å². The van der Waals surface area contributed by atoms with E-state index in [9.17, 15) is 17.8 Å². The van der Waals surface area contributed by atoms with Crippen LogP contribution in [-0.4, -0.2) is 28.3 Å². The lowest BCUT2D eigenvalue weighted by atomic mass is 10.2. The normalized spacial score (nSPS) is 13.7. The maximum absolute atomic E-state index is 13.3.